The fourth-order valence-electron chi connectivity index (χ4n) is 2.03. The Morgan fingerprint density at radius 3 is 2.79 bits per heavy atom. The standard InChI is InChI=1S/C14H19NO3S/c1-4-18-14(17)13-9(3)7-19-11(13)6-12(16)15-10-5-8(10)2/h7-8,10H,4-6H2,1-3H3,(H,15,16)/t8-,10-/m0/s1. The fourth-order valence-corrected chi connectivity index (χ4v) is 3.05. The van der Waals surface area contributed by atoms with Gasteiger partial charge in [0, 0.05) is 10.9 Å². The lowest BCUT2D eigenvalue weighted by molar-refractivity contribution is -0.120. The van der Waals surface area contributed by atoms with Crippen LogP contribution in [0.25, 0.3) is 0 Å². The molecule has 0 radical (unpaired) electrons. The summed E-state index contributed by atoms with van der Waals surface area (Å²) in [7, 11) is 0. The molecule has 1 fully saturated rings. The van der Waals surface area contributed by atoms with Crippen LogP contribution < -0.4 is 5.32 Å². The van der Waals surface area contributed by atoms with E-state index in [-0.39, 0.29) is 18.3 Å². The molecule has 104 valence electrons. The highest BCUT2D eigenvalue weighted by Crippen LogP contribution is 2.29. The largest absolute Gasteiger partial charge is 0.462 e. The normalized spacial score (nSPS) is 21.0. The Balaban J connectivity index is 2.03. The number of hydrogen-bond donors (Lipinski definition) is 1. The van der Waals surface area contributed by atoms with Crippen molar-refractivity contribution in [3.05, 3.63) is 21.4 Å². The molecule has 5 heteroatoms. The number of carbonyl (C=O) groups is 2. The maximum Gasteiger partial charge on any atom is 0.339 e. The van der Waals surface area contributed by atoms with E-state index in [0.29, 0.717) is 24.1 Å². The van der Waals surface area contributed by atoms with E-state index in [4.69, 9.17) is 4.74 Å². The van der Waals surface area contributed by atoms with Crippen LogP contribution in [-0.2, 0) is 16.0 Å². The molecule has 4 nitrogen and oxygen atoms in total. The molecule has 1 N–H and O–H groups in total. The van der Waals surface area contributed by atoms with Gasteiger partial charge < -0.3 is 10.1 Å². The first-order valence-electron chi connectivity index (χ1n) is 6.56. The molecule has 0 bridgehead atoms. The number of thiophene rings is 1. The van der Waals surface area contributed by atoms with Gasteiger partial charge >= 0.3 is 5.97 Å². The highest BCUT2D eigenvalue weighted by molar-refractivity contribution is 7.10. The minimum atomic E-state index is -0.330. The molecule has 2 atom stereocenters. The van der Waals surface area contributed by atoms with Gasteiger partial charge in [0.1, 0.15) is 0 Å². The molecular formula is C14H19NO3S. The number of hydrogen-bond acceptors (Lipinski definition) is 4. The Morgan fingerprint density at radius 2 is 2.21 bits per heavy atom. The van der Waals surface area contributed by atoms with Crippen molar-refractivity contribution in [2.45, 2.75) is 39.7 Å². The smallest absolute Gasteiger partial charge is 0.339 e. The Bertz CT molecular complexity index is 495. The highest BCUT2D eigenvalue weighted by atomic mass is 32.1. The molecule has 1 heterocycles. The zero-order chi connectivity index (χ0) is 14.0. The first-order chi connectivity index (χ1) is 9.02. The predicted molar refractivity (Wildman–Crippen MR) is 74.4 cm³/mol. The highest BCUT2D eigenvalue weighted by Gasteiger charge is 2.34. The average molecular weight is 281 g/mol. The van der Waals surface area contributed by atoms with Crippen LogP contribution in [0.3, 0.4) is 0 Å². The number of aryl methyl sites for hydroxylation is 1. The van der Waals surface area contributed by atoms with Crippen LogP contribution in [0.1, 0.15) is 41.1 Å². The second-order valence-corrected chi connectivity index (χ2v) is 5.97. The molecule has 0 saturated heterocycles. The Morgan fingerprint density at radius 1 is 1.53 bits per heavy atom. The molecule has 1 amide bonds. The van der Waals surface area contributed by atoms with E-state index >= 15 is 0 Å². The second kappa shape index (κ2) is 5.74. The van der Waals surface area contributed by atoms with Crippen molar-refractivity contribution in [1.29, 1.82) is 0 Å². The number of carbonyl (C=O) groups excluding carboxylic acids is 2. The third kappa shape index (κ3) is 3.35. The van der Waals surface area contributed by atoms with Gasteiger partial charge in [-0.15, -0.1) is 11.3 Å². The van der Waals surface area contributed by atoms with Crippen LogP contribution >= 0.6 is 11.3 Å². The molecule has 19 heavy (non-hydrogen) atoms. The van der Waals surface area contributed by atoms with Crippen molar-refractivity contribution in [2.24, 2.45) is 5.92 Å². The molecule has 0 spiro atoms. The third-order valence-electron chi connectivity index (χ3n) is 3.31. The van der Waals surface area contributed by atoms with Gasteiger partial charge in [0.15, 0.2) is 0 Å². The maximum absolute atomic E-state index is 11.9. The van der Waals surface area contributed by atoms with E-state index in [2.05, 4.69) is 12.2 Å². The number of amides is 1. The van der Waals surface area contributed by atoms with Gasteiger partial charge in [-0.25, -0.2) is 4.79 Å². The van der Waals surface area contributed by atoms with Crippen LogP contribution in [0, 0.1) is 12.8 Å². The number of ether oxygens (including phenoxy) is 1. The maximum atomic E-state index is 11.9. The summed E-state index contributed by atoms with van der Waals surface area (Å²) in [4.78, 5) is 24.6. The topological polar surface area (TPSA) is 55.4 Å². The molecule has 1 saturated carbocycles. The van der Waals surface area contributed by atoms with Gasteiger partial charge in [-0.2, -0.15) is 0 Å². The lowest BCUT2D eigenvalue weighted by Crippen LogP contribution is -2.28. The van der Waals surface area contributed by atoms with Crippen molar-refractivity contribution in [3.63, 3.8) is 0 Å². The molecule has 1 aliphatic rings. The van der Waals surface area contributed by atoms with Crippen LogP contribution in [0.15, 0.2) is 5.38 Å². The number of nitrogens with one attached hydrogen (secondary N) is 1. The molecule has 0 unspecified atom stereocenters. The molecule has 0 aromatic carbocycles. The van der Waals surface area contributed by atoms with E-state index in [9.17, 15) is 9.59 Å². The van der Waals surface area contributed by atoms with Gasteiger partial charge in [-0.3, -0.25) is 4.79 Å². The molecule has 0 aliphatic heterocycles. The summed E-state index contributed by atoms with van der Waals surface area (Å²) in [6.07, 6.45) is 1.32. The minimum absolute atomic E-state index is 0.0123. The fraction of sp³-hybridized carbons (Fsp3) is 0.571. The first-order valence-corrected chi connectivity index (χ1v) is 7.44. The molecule has 2 rings (SSSR count). The summed E-state index contributed by atoms with van der Waals surface area (Å²) in [6, 6.07) is 0.319. The predicted octanol–water partition coefficient (Wildman–Crippen LogP) is 2.30. The average Bonchev–Trinajstić information content (AvgIpc) is 2.88. The number of esters is 1. The summed E-state index contributed by atoms with van der Waals surface area (Å²) in [5, 5.41) is 4.87. The van der Waals surface area contributed by atoms with E-state index in [0.717, 1.165) is 16.9 Å². The van der Waals surface area contributed by atoms with Gasteiger partial charge in [-0.1, -0.05) is 6.92 Å². The molecule has 1 aliphatic carbocycles. The third-order valence-corrected chi connectivity index (χ3v) is 4.41. The Labute approximate surface area is 117 Å². The first kappa shape index (κ1) is 14.1. The van der Waals surface area contributed by atoms with Crippen LogP contribution in [0.5, 0.6) is 0 Å². The van der Waals surface area contributed by atoms with E-state index < -0.39 is 0 Å². The monoisotopic (exact) mass is 281 g/mol. The second-order valence-electron chi connectivity index (χ2n) is 5.00. The Kier molecular flexibility index (Phi) is 4.24. The van der Waals surface area contributed by atoms with Gasteiger partial charge in [0.2, 0.25) is 5.91 Å². The zero-order valence-electron chi connectivity index (χ0n) is 11.5. The van der Waals surface area contributed by atoms with Crippen molar-refractivity contribution >= 4 is 23.2 Å². The van der Waals surface area contributed by atoms with Gasteiger partial charge in [0.25, 0.3) is 0 Å². The Hall–Kier alpha value is -1.36. The SMILES string of the molecule is CCOC(=O)c1c(C)csc1CC(=O)N[C@H]1C[C@@H]1C. The summed E-state index contributed by atoms with van der Waals surface area (Å²) in [5.74, 6) is 0.240. The summed E-state index contributed by atoms with van der Waals surface area (Å²) in [6.45, 7) is 6.11. The van der Waals surface area contributed by atoms with Crippen LogP contribution in [-0.4, -0.2) is 24.5 Å². The van der Waals surface area contributed by atoms with Crippen molar-refractivity contribution < 1.29 is 14.3 Å². The summed E-state index contributed by atoms with van der Waals surface area (Å²) < 4.78 is 5.04. The van der Waals surface area contributed by atoms with Crippen LogP contribution in [0.4, 0.5) is 0 Å². The van der Waals surface area contributed by atoms with Crippen molar-refractivity contribution in [2.75, 3.05) is 6.61 Å². The molecule has 1 aromatic rings. The number of rotatable bonds is 5. The van der Waals surface area contributed by atoms with E-state index in [1.807, 2.05) is 12.3 Å². The lowest BCUT2D eigenvalue weighted by Gasteiger charge is -2.06. The minimum Gasteiger partial charge on any atom is -0.462 e. The van der Waals surface area contributed by atoms with Crippen molar-refractivity contribution in [1.82, 2.24) is 5.32 Å². The zero-order valence-corrected chi connectivity index (χ0v) is 12.3. The van der Waals surface area contributed by atoms with Gasteiger partial charge in [-0.05, 0) is 37.1 Å². The molecular weight excluding hydrogens is 262 g/mol. The summed E-state index contributed by atoms with van der Waals surface area (Å²) in [5.41, 5.74) is 1.44. The van der Waals surface area contributed by atoms with Crippen LogP contribution in [0.2, 0.25) is 0 Å². The lowest BCUT2D eigenvalue weighted by atomic mass is 10.1. The van der Waals surface area contributed by atoms with E-state index in [1.54, 1.807) is 6.92 Å². The summed E-state index contributed by atoms with van der Waals surface area (Å²) >= 11 is 1.45. The van der Waals surface area contributed by atoms with E-state index in [1.165, 1.54) is 11.3 Å². The van der Waals surface area contributed by atoms with Crippen molar-refractivity contribution in [3.8, 4) is 0 Å². The quantitative estimate of drug-likeness (QED) is 0.843. The van der Waals surface area contributed by atoms with Gasteiger partial charge in [0.05, 0.1) is 18.6 Å². The molecule has 1 aromatic heterocycles.